The second kappa shape index (κ2) is 11.4. The number of hydrogen-bond donors (Lipinski definition) is 3. The van der Waals surface area contributed by atoms with Crippen molar-refractivity contribution in [3.63, 3.8) is 0 Å². The van der Waals surface area contributed by atoms with Gasteiger partial charge < -0.3 is 26.9 Å². The number of primary amides is 1. The van der Waals surface area contributed by atoms with Crippen molar-refractivity contribution in [1.29, 1.82) is 10.5 Å². The van der Waals surface area contributed by atoms with Crippen molar-refractivity contribution in [2.24, 2.45) is 22.4 Å². The number of rotatable bonds is 10. The SMILES string of the molecule is CCc1c(C#N)c(SC(C(N)=O)c2ccccc2)nc(N(C)CCON=C(N)N)c1C#N. The van der Waals surface area contributed by atoms with Gasteiger partial charge in [-0.25, -0.2) is 4.98 Å². The molecule has 1 unspecified atom stereocenters. The Hall–Kier alpha value is -3.96. The Morgan fingerprint density at radius 2 is 1.88 bits per heavy atom. The fraction of sp³-hybridized carbons (Fsp3) is 0.286. The van der Waals surface area contributed by atoms with Gasteiger partial charge in [0, 0.05) is 7.05 Å². The fourth-order valence-corrected chi connectivity index (χ4v) is 4.04. The quantitative estimate of drug-likeness (QED) is 0.157. The van der Waals surface area contributed by atoms with E-state index in [4.69, 9.17) is 22.0 Å². The summed E-state index contributed by atoms with van der Waals surface area (Å²) in [5.74, 6) is -0.405. The zero-order chi connectivity index (χ0) is 23.7. The minimum absolute atomic E-state index is 0.138. The van der Waals surface area contributed by atoms with Crippen molar-refractivity contribution >= 4 is 29.4 Å². The second-order valence-corrected chi connectivity index (χ2v) is 7.72. The van der Waals surface area contributed by atoms with Gasteiger partial charge in [-0.1, -0.05) is 49.0 Å². The van der Waals surface area contributed by atoms with Crippen LogP contribution < -0.4 is 22.1 Å². The van der Waals surface area contributed by atoms with E-state index in [1.54, 1.807) is 36.2 Å². The lowest BCUT2D eigenvalue weighted by molar-refractivity contribution is -0.117. The molecule has 32 heavy (non-hydrogen) atoms. The molecule has 0 radical (unpaired) electrons. The maximum Gasteiger partial charge on any atom is 0.235 e. The number of benzene rings is 1. The van der Waals surface area contributed by atoms with E-state index in [1.165, 1.54) is 0 Å². The summed E-state index contributed by atoms with van der Waals surface area (Å²) in [5, 5.41) is 22.7. The van der Waals surface area contributed by atoms with Gasteiger partial charge in [-0.2, -0.15) is 10.5 Å². The lowest BCUT2D eigenvalue weighted by atomic mass is 10.0. The number of amides is 1. The molecule has 6 N–H and O–H groups in total. The summed E-state index contributed by atoms with van der Waals surface area (Å²) < 4.78 is 0. The highest BCUT2D eigenvalue weighted by molar-refractivity contribution is 8.00. The highest BCUT2D eigenvalue weighted by Gasteiger charge is 2.26. The van der Waals surface area contributed by atoms with Gasteiger partial charge in [0.1, 0.15) is 34.8 Å². The Kier molecular flexibility index (Phi) is 8.69. The van der Waals surface area contributed by atoms with E-state index in [0.717, 1.165) is 11.8 Å². The van der Waals surface area contributed by atoms with Crippen molar-refractivity contribution in [1.82, 2.24) is 4.98 Å². The molecule has 10 nitrogen and oxygen atoms in total. The van der Waals surface area contributed by atoms with Crippen LogP contribution in [-0.2, 0) is 16.1 Å². The van der Waals surface area contributed by atoms with Gasteiger partial charge >= 0.3 is 0 Å². The third kappa shape index (κ3) is 5.80. The van der Waals surface area contributed by atoms with Gasteiger partial charge in [0.05, 0.1) is 17.7 Å². The van der Waals surface area contributed by atoms with Gasteiger partial charge in [-0.3, -0.25) is 4.79 Å². The molecular formula is C21H24N8O2S. The van der Waals surface area contributed by atoms with Crippen LogP contribution >= 0.6 is 11.8 Å². The summed E-state index contributed by atoms with van der Waals surface area (Å²) in [7, 11) is 1.73. The smallest absolute Gasteiger partial charge is 0.235 e. The Labute approximate surface area is 190 Å². The third-order valence-electron chi connectivity index (χ3n) is 4.47. The molecule has 0 aliphatic heterocycles. The lowest BCUT2D eigenvalue weighted by Gasteiger charge is -2.23. The summed E-state index contributed by atoms with van der Waals surface area (Å²) in [6, 6.07) is 13.3. The average Bonchev–Trinajstić information content (AvgIpc) is 2.79. The van der Waals surface area contributed by atoms with Crippen molar-refractivity contribution in [2.75, 3.05) is 25.1 Å². The van der Waals surface area contributed by atoms with Crippen LogP contribution in [0.5, 0.6) is 0 Å². The first kappa shape index (κ1) is 24.3. The van der Waals surface area contributed by atoms with E-state index in [9.17, 15) is 15.3 Å². The van der Waals surface area contributed by atoms with Crippen LogP contribution in [0.15, 0.2) is 40.5 Å². The monoisotopic (exact) mass is 452 g/mol. The Morgan fingerprint density at radius 1 is 1.22 bits per heavy atom. The maximum atomic E-state index is 12.2. The molecule has 11 heteroatoms. The summed E-state index contributed by atoms with van der Waals surface area (Å²) in [6.45, 7) is 2.30. The summed E-state index contributed by atoms with van der Waals surface area (Å²) in [5.41, 5.74) is 17.9. The Bertz CT molecular complexity index is 1070. The molecule has 1 amide bonds. The molecule has 1 atom stereocenters. The minimum atomic E-state index is -0.753. The lowest BCUT2D eigenvalue weighted by Crippen LogP contribution is -2.27. The standard InChI is InChI=1S/C21H24N8O2S/c1-3-14-15(11-22)19(29(2)9-10-31-28-21(25)26)27-20(16(14)12-23)32-17(18(24)30)13-7-5-4-6-8-13/h4-8,17H,3,9-10H2,1-2H3,(H2,24,30)(H4,25,26,28). The van der Waals surface area contributed by atoms with Gasteiger partial charge in [0.25, 0.3) is 0 Å². The number of nitrogens with zero attached hydrogens (tertiary/aromatic N) is 5. The van der Waals surface area contributed by atoms with Crippen LogP contribution in [0, 0.1) is 22.7 Å². The van der Waals surface area contributed by atoms with Crippen LogP contribution in [0.25, 0.3) is 0 Å². The van der Waals surface area contributed by atoms with Gasteiger partial charge in [-0.15, -0.1) is 0 Å². The largest absolute Gasteiger partial charge is 0.391 e. The molecule has 1 aromatic heterocycles. The molecule has 0 bridgehead atoms. The first-order valence-electron chi connectivity index (χ1n) is 9.64. The number of nitrogens with two attached hydrogens (primary N) is 3. The fourth-order valence-electron chi connectivity index (χ4n) is 2.98. The molecule has 1 aromatic carbocycles. The second-order valence-electron chi connectivity index (χ2n) is 6.63. The van der Waals surface area contributed by atoms with Crippen molar-refractivity contribution in [3.05, 3.63) is 52.6 Å². The van der Waals surface area contributed by atoms with Crippen molar-refractivity contribution in [2.45, 2.75) is 23.6 Å². The zero-order valence-corrected chi connectivity index (χ0v) is 18.6. The number of likely N-dealkylation sites (N-methyl/N-ethyl adjacent to an activating group) is 1. The predicted octanol–water partition coefficient (Wildman–Crippen LogP) is 1.35. The number of hydrogen-bond acceptors (Lipinski definition) is 8. The number of nitriles is 2. The predicted molar refractivity (Wildman–Crippen MR) is 122 cm³/mol. The summed E-state index contributed by atoms with van der Waals surface area (Å²) >= 11 is 1.08. The third-order valence-corrected chi connectivity index (χ3v) is 5.72. The molecule has 166 valence electrons. The minimum Gasteiger partial charge on any atom is -0.391 e. The van der Waals surface area contributed by atoms with E-state index >= 15 is 0 Å². The average molecular weight is 453 g/mol. The van der Waals surface area contributed by atoms with E-state index in [1.807, 2.05) is 13.0 Å². The van der Waals surface area contributed by atoms with Crippen LogP contribution in [0.4, 0.5) is 5.82 Å². The molecule has 0 saturated carbocycles. The number of carbonyl (C=O) groups is 1. The first-order valence-corrected chi connectivity index (χ1v) is 10.5. The van der Waals surface area contributed by atoms with E-state index in [-0.39, 0.29) is 23.7 Å². The molecule has 0 spiro atoms. The van der Waals surface area contributed by atoms with E-state index in [2.05, 4.69) is 22.3 Å². The molecule has 2 rings (SSSR count). The number of guanidine groups is 1. The van der Waals surface area contributed by atoms with Crippen LogP contribution in [0.2, 0.25) is 0 Å². The highest BCUT2D eigenvalue weighted by atomic mass is 32.2. The van der Waals surface area contributed by atoms with Crippen LogP contribution in [0.3, 0.4) is 0 Å². The number of oxime groups is 1. The molecule has 1 heterocycles. The van der Waals surface area contributed by atoms with Crippen molar-refractivity contribution < 1.29 is 9.63 Å². The zero-order valence-electron chi connectivity index (χ0n) is 17.8. The number of thioether (sulfide) groups is 1. The molecule has 2 aromatic rings. The normalized spacial score (nSPS) is 11.0. The maximum absolute atomic E-state index is 12.2. The number of aromatic nitrogens is 1. The number of pyridine rings is 1. The molecule has 0 aliphatic carbocycles. The summed E-state index contributed by atoms with van der Waals surface area (Å²) in [4.78, 5) is 23.5. The van der Waals surface area contributed by atoms with E-state index < -0.39 is 11.2 Å². The van der Waals surface area contributed by atoms with Gasteiger partial charge in [0.2, 0.25) is 11.9 Å². The van der Waals surface area contributed by atoms with Crippen LogP contribution in [0.1, 0.15) is 34.4 Å². The van der Waals surface area contributed by atoms with Gasteiger partial charge in [-0.05, 0) is 22.7 Å². The number of carbonyl (C=O) groups excluding carboxylic acids is 1. The molecule has 0 saturated heterocycles. The summed E-state index contributed by atoms with van der Waals surface area (Å²) in [6.07, 6.45) is 0.430. The van der Waals surface area contributed by atoms with E-state index in [0.29, 0.717) is 34.9 Å². The topological polar surface area (TPSA) is 180 Å². The number of anilines is 1. The highest BCUT2D eigenvalue weighted by Crippen LogP contribution is 2.39. The van der Waals surface area contributed by atoms with Gasteiger partial charge in [0.15, 0.2) is 0 Å². The molecular weight excluding hydrogens is 428 g/mol. The molecule has 0 fully saturated rings. The first-order chi connectivity index (χ1) is 15.3. The molecule has 0 aliphatic rings. The van der Waals surface area contributed by atoms with Crippen LogP contribution in [-0.4, -0.2) is 37.1 Å². The Morgan fingerprint density at radius 3 is 2.41 bits per heavy atom. The Balaban J connectivity index is 2.51. The van der Waals surface area contributed by atoms with Crippen molar-refractivity contribution in [3.8, 4) is 12.1 Å².